The zero-order valence-electron chi connectivity index (χ0n) is 16.2. The van der Waals surface area contributed by atoms with E-state index in [1.807, 2.05) is 74.0 Å². The van der Waals surface area contributed by atoms with Gasteiger partial charge in [-0.3, -0.25) is 4.79 Å². The topological polar surface area (TPSA) is 53.4 Å². The van der Waals surface area contributed by atoms with Crippen LogP contribution in [0.4, 0.5) is 0 Å². The normalized spacial score (nSPS) is 10.7. The van der Waals surface area contributed by atoms with Gasteiger partial charge in [0.05, 0.1) is 24.9 Å². The van der Waals surface area contributed by atoms with E-state index in [1.54, 1.807) is 7.11 Å². The Hall–Kier alpha value is -3.08. The molecule has 0 bridgehead atoms. The molecule has 3 rings (SSSR count). The predicted octanol–water partition coefficient (Wildman–Crippen LogP) is 4.09. The van der Waals surface area contributed by atoms with E-state index in [-0.39, 0.29) is 19.0 Å². The minimum Gasteiger partial charge on any atom is -0.496 e. The van der Waals surface area contributed by atoms with Crippen LogP contribution in [-0.2, 0) is 22.6 Å². The quantitative estimate of drug-likeness (QED) is 0.618. The van der Waals surface area contributed by atoms with Gasteiger partial charge in [0, 0.05) is 16.8 Å². The number of aromatic nitrogens is 2. The molecule has 0 aliphatic carbocycles. The molecular weight excluding hydrogens is 340 g/mol. The number of hydrogen-bond acceptors (Lipinski definition) is 4. The number of carbonyl (C=O) groups is 1. The fourth-order valence-electron chi connectivity index (χ4n) is 3.13. The molecule has 1 aromatic heterocycles. The van der Waals surface area contributed by atoms with Crippen LogP contribution >= 0.6 is 0 Å². The van der Waals surface area contributed by atoms with Crippen LogP contribution < -0.4 is 4.74 Å². The Bertz CT molecular complexity index is 946. The first-order valence-corrected chi connectivity index (χ1v) is 8.89. The number of esters is 1. The fraction of sp³-hybridized carbons (Fsp3) is 0.273. The maximum atomic E-state index is 12.4. The van der Waals surface area contributed by atoms with Crippen LogP contribution in [0.5, 0.6) is 5.75 Å². The van der Waals surface area contributed by atoms with E-state index in [0.717, 1.165) is 39.5 Å². The average Bonchev–Trinajstić information content (AvgIpc) is 2.95. The van der Waals surface area contributed by atoms with Crippen molar-refractivity contribution in [1.29, 1.82) is 0 Å². The summed E-state index contributed by atoms with van der Waals surface area (Å²) in [5.41, 5.74) is 5.62. The number of methoxy groups -OCH3 is 1. The van der Waals surface area contributed by atoms with E-state index in [1.165, 1.54) is 0 Å². The second-order valence-corrected chi connectivity index (χ2v) is 6.55. The van der Waals surface area contributed by atoms with Crippen molar-refractivity contribution in [3.8, 4) is 11.4 Å². The van der Waals surface area contributed by atoms with Crippen molar-refractivity contribution in [3.63, 3.8) is 0 Å². The van der Waals surface area contributed by atoms with Gasteiger partial charge in [0.25, 0.3) is 0 Å². The summed E-state index contributed by atoms with van der Waals surface area (Å²) in [4.78, 5) is 12.4. The Balaban J connectivity index is 1.72. The van der Waals surface area contributed by atoms with E-state index >= 15 is 0 Å². The molecule has 140 valence electrons. The highest BCUT2D eigenvalue weighted by atomic mass is 16.5. The van der Waals surface area contributed by atoms with Crippen LogP contribution in [0.15, 0.2) is 48.5 Å². The van der Waals surface area contributed by atoms with Crippen molar-refractivity contribution in [2.45, 2.75) is 33.8 Å². The van der Waals surface area contributed by atoms with Crippen molar-refractivity contribution in [3.05, 3.63) is 76.6 Å². The second-order valence-electron chi connectivity index (χ2n) is 6.55. The molecule has 0 atom stereocenters. The van der Waals surface area contributed by atoms with E-state index in [0.29, 0.717) is 0 Å². The third kappa shape index (κ3) is 4.19. The summed E-state index contributed by atoms with van der Waals surface area (Å²) in [6, 6.07) is 15.7. The highest BCUT2D eigenvalue weighted by Gasteiger charge is 2.17. The summed E-state index contributed by atoms with van der Waals surface area (Å²) in [6.45, 7) is 6.07. The summed E-state index contributed by atoms with van der Waals surface area (Å²) in [5.74, 6) is 0.440. The molecule has 2 aromatic carbocycles. The Morgan fingerprint density at radius 2 is 1.81 bits per heavy atom. The molecule has 0 aliphatic rings. The average molecular weight is 364 g/mol. The maximum Gasteiger partial charge on any atom is 0.310 e. The lowest BCUT2D eigenvalue weighted by Crippen LogP contribution is -2.10. The van der Waals surface area contributed by atoms with Crippen LogP contribution in [0.1, 0.15) is 28.1 Å². The van der Waals surface area contributed by atoms with Gasteiger partial charge >= 0.3 is 5.97 Å². The van der Waals surface area contributed by atoms with E-state index in [9.17, 15) is 4.79 Å². The number of rotatable bonds is 6. The highest BCUT2D eigenvalue weighted by Crippen LogP contribution is 2.22. The SMILES string of the molecule is COc1ccc(C)cc1COC(=O)Cc1c(C)nn(-c2ccccc2)c1C. The van der Waals surface area contributed by atoms with Crippen molar-refractivity contribution in [2.24, 2.45) is 0 Å². The minimum atomic E-state index is -0.280. The van der Waals surface area contributed by atoms with Gasteiger partial charge in [-0.05, 0) is 45.0 Å². The van der Waals surface area contributed by atoms with Crippen LogP contribution in [0.25, 0.3) is 5.69 Å². The second kappa shape index (κ2) is 8.08. The van der Waals surface area contributed by atoms with Crippen molar-refractivity contribution in [1.82, 2.24) is 9.78 Å². The van der Waals surface area contributed by atoms with Crippen LogP contribution in [0, 0.1) is 20.8 Å². The van der Waals surface area contributed by atoms with Gasteiger partial charge in [-0.1, -0.05) is 29.8 Å². The zero-order chi connectivity index (χ0) is 19.4. The first-order chi connectivity index (χ1) is 13.0. The molecule has 0 saturated carbocycles. The molecule has 0 saturated heterocycles. The smallest absolute Gasteiger partial charge is 0.310 e. The predicted molar refractivity (Wildman–Crippen MR) is 104 cm³/mol. The number of hydrogen-bond donors (Lipinski definition) is 0. The summed E-state index contributed by atoms with van der Waals surface area (Å²) in [5, 5.41) is 4.58. The molecule has 27 heavy (non-hydrogen) atoms. The lowest BCUT2D eigenvalue weighted by atomic mass is 10.1. The van der Waals surface area contributed by atoms with E-state index < -0.39 is 0 Å². The molecule has 3 aromatic rings. The zero-order valence-corrected chi connectivity index (χ0v) is 16.2. The summed E-state index contributed by atoms with van der Waals surface area (Å²) >= 11 is 0. The number of para-hydroxylation sites is 1. The van der Waals surface area contributed by atoms with Crippen molar-refractivity contribution >= 4 is 5.97 Å². The van der Waals surface area contributed by atoms with Crippen LogP contribution in [-0.4, -0.2) is 22.9 Å². The Morgan fingerprint density at radius 1 is 1.07 bits per heavy atom. The molecule has 0 radical (unpaired) electrons. The number of carbonyl (C=O) groups excluding carboxylic acids is 1. The van der Waals surface area contributed by atoms with Gasteiger partial charge < -0.3 is 9.47 Å². The molecule has 1 heterocycles. The van der Waals surface area contributed by atoms with Crippen LogP contribution in [0.3, 0.4) is 0 Å². The molecule has 0 N–H and O–H groups in total. The van der Waals surface area contributed by atoms with E-state index in [2.05, 4.69) is 5.10 Å². The molecule has 0 fully saturated rings. The van der Waals surface area contributed by atoms with Gasteiger partial charge in [-0.25, -0.2) is 4.68 Å². The van der Waals surface area contributed by atoms with Gasteiger partial charge in [-0.2, -0.15) is 5.10 Å². The highest BCUT2D eigenvalue weighted by molar-refractivity contribution is 5.73. The molecule has 0 unspecified atom stereocenters. The molecule has 5 heteroatoms. The number of benzene rings is 2. The Labute approximate surface area is 159 Å². The first kappa shape index (κ1) is 18.7. The third-order valence-electron chi connectivity index (χ3n) is 4.59. The Kier molecular flexibility index (Phi) is 5.60. The molecular formula is C22H24N2O3. The number of ether oxygens (including phenoxy) is 2. The molecule has 5 nitrogen and oxygen atoms in total. The summed E-state index contributed by atoms with van der Waals surface area (Å²) in [7, 11) is 1.61. The van der Waals surface area contributed by atoms with Gasteiger partial charge in [-0.15, -0.1) is 0 Å². The monoisotopic (exact) mass is 364 g/mol. The van der Waals surface area contributed by atoms with E-state index in [4.69, 9.17) is 9.47 Å². The van der Waals surface area contributed by atoms with Gasteiger partial charge in [0.2, 0.25) is 0 Å². The maximum absolute atomic E-state index is 12.4. The van der Waals surface area contributed by atoms with Gasteiger partial charge in [0.1, 0.15) is 12.4 Å². The molecule has 0 aliphatic heterocycles. The number of aryl methyl sites for hydroxylation is 2. The third-order valence-corrected chi connectivity index (χ3v) is 4.59. The lowest BCUT2D eigenvalue weighted by molar-refractivity contribution is -0.144. The van der Waals surface area contributed by atoms with Crippen LogP contribution in [0.2, 0.25) is 0 Å². The Morgan fingerprint density at radius 3 is 2.52 bits per heavy atom. The number of nitrogens with zero attached hydrogens (tertiary/aromatic N) is 2. The molecule has 0 spiro atoms. The standard InChI is InChI=1S/C22H24N2O3/c1-15-10-11-21(26-4)18(12-15)14-27-22(25)13-20-16(2)23-24(17(20)3)19-8-6-5-7-9-19/h5-12H,13-14H2,1-4H3. The minimum absolute atomic E-state index is 0.189. The molecule has 0 amide bonds. The van der Waals surface area contributed by atoms with Crippen molar-refractivity contribution < 1.29 is 14.3 Å². The first-order valence-electron chi connectivity index (χ1n) is 8.89. The largest absolute Gasteiger partial charge is 0.496 e. The van der Waals surface area contributed by atoms with Gasteiger partial charge in [0.15, 0.2) is 0 Å². The van der Waals surface area contributed by atoms with Crippen molar-refractivity contribution in [2.75, 3.05) is 7.11 Å². The summed E-state index contributed by atoms with van der Waals surface area (Å²) in [6.07, 6.45) is 0.193. The fourth-order valence-corrected chi connectivity index (χ4v) is 3.13. The lowest BCUT2D eigenvalue weighted by Gasteiger charge is -2.10. The summed E-state index contributed by atoms with van der Waals surface area (Å²) < 4.78 is 12.7.